The molecule has 0 saturated carbocycles. The largest absolute Gasteiger partial charge is 0.435 e. The summed E-state index contributed by atoms with van der Waals surface area (Å²) in [5, 5.41) is 0. The number of hydrogen-bond acceptors (Lipinski definition) is 2. The lowest BCUT2D eigenvalue weighted by atomic mass is 10.0. The van der Waals surface area contributed by atoms with Gasteiger partial charge in [-0.2, -0.15) is 13.2 Å². The average Bonchev–Trinajstić information content (AvgIpc) is 3.07. The van der Waals surface area contributed by atoms with Crippen LogP contribution in [0.5, 0.6) is 0 Å². The number of hydrogen-bond donors (Lipinski definition) is 1. The van der Waals surface area contributed by atoms with E-state index in [0.717, 1.165) is 16.8 Å². The van der Waals surface area contributed by atoms with Crippen LogP contribution in [0.25, 0.3) is 17.1 Å². The van der Waals surface area contributed by atoms with Crippen molar-refractivity contribution in [1.82, 2.24) is 9.55 Å². The quantitative estimate of drug-likeness (QED) is 0.673. The summed E-state index contributed by atoms with van der Waals surface area (Å²) in [6.07, 6.45) is -3.18. The monoisotopic (exact) mass is 373 g/mol. The Morgan fingerprint density at radius 3 is 2.00 bits per heavy atom. The summed E-state index contributed by atoms with van der Waals surface area (Å²) < 4.78 is 42.7. The number of benzene rings is 2. The fraction of sp³-hybridized carbons (Fsp3) is 0.286. The lowest BCUT2D eigenvalue weighted by Gasteiger charge is -2.19. The smallest absolute Gasteiger partial charge is 0.325 e. The van der Waals surface area contributed by atoms with Crippen LogP contribution in [0.3, 0.4) is 0 Å². The summed E-state index contributed by atoms with van der Waals surface area (Å²) in [7, 11) is 0. The number of aryl methyl sites for hydroxylation is 2. The number of para-hydroxylation sites is 1. The topological polar surface area (TPSA) is 43.8 Å². The van der Waals surface area contributed by atoms with Gasteiger partial charge in [0.25, 0.3) is 0 Å². The van der Waals surface area contributed by atoms with Gasteiger partial charge in [-0.1, -0.05) is 62.4 Å². The van der Waals surface area contributed by atoms with Gasteiger partial charge in [0, 0.05) is 12.1 Å². The summed E-state index contributed by atoms with van der Waals surface area (Å²) >= 11 is 0. The van der Waals surface area contributed by atoms with Crippen molar-refractivity contribution < 1.29 is 13.2 Å². The van der Waals surface area contributed by atoms with E-state index in [1.54, 1.807) is 28.8 Å². The van der Waals surface area contributed by atoms with Crippen molar-refractivity contribution in [1.29, 1.82) is 0 Å². The highest BCUT2D eigenvalue weighted by atomic mass is 19.4. The van der Waals surface area contributed by atoms with Crippen LogP contribution >= 0.6 is 0 Å². The van der Waals surface area contributed by atoms with E-state index < -0.39 is 11.9 Å². The van der Waals surface area contributed by atoms with Crippen LogP contribution in [0, 0.1) is 0 Å². The summed E-state index contributed by atoms with van der Waals surface area (Å²) in [6.45, 7) is 3.73. The Hall–Kier alpha value is -2.60. The Morgan fingerprint density at radius 1 is 0.926 bits per heavy atom. The number of halogens is 3. The van der Waals surface area contributed by atoms with Crippen molar-refractivity contribution in [2.45, 2.75) is 39.4 Å². The minimum absolute atomic E-state index is 0.0167. The van der Waals surface area contributed by atoms with Gasteiger partial charge in [-0.3, -0.25) is 4.57 Å². The second-order valence-corrected chi connectivity index (χ2v) is 6.27. The molecule has 2 aromatic carbocycles. The van der Waals surface area contributed by atoms with Crippen LogP contribution in [0.1, 0.15) is 36.4 Å². The molecule has 0 bridgehead atoms. The van der Waals surface area contributed by atoms with Crippen LogP contribution < -0.4 is 5.73 Å². The molecule has 3 aromatic rings. The first-order valence-corrected chi connectivity index (χ1v) is 8.97. The van der Waals surface area contributed by atoms with Crippen molar-refractivity contribution >= 4 is 0 Å². The minimum Gasteiger partial charge on any atom is -0.325 e. The standard InChI is InChI=1S/C21H22F3N3/c1-3-14-11-8-12-15(4-2)18(14)27-17(13-25)19(21(22,23)24)26-20(27)16-9-6-5-7-10-16/h5-12H,3-4,13,25H2,1-2H3. The normalized spacial score (nSPS) is 11.8. The zero-order chi connectivity index (χ0) is 19.6. The van der Waals surface area contributed by atoms with Gasteiger partial charge in [0.05, 0.1) is 11.4 Å². The number of rotatable bonds is 5. The highest BCUT2D eigenvalue weighted by molar-refractivity contribution is 5.63. The number of nitrogens with two attached hydrogens (primary N) is 1. The summed E-state index contributed by atoms with van der Waals surface area (Å²) in [5.41, 5.74) is 8.17. The SMILES string of the molecule is CCc1cccc(CC)c1-n1c(-c2ccccc2)nc(C(F)(F)F)c1CN. The van der Waals surface area contributed by atoms with Gasteiger partial charge in [0.1, 0.15) is 5.82 Å². The van der Waals surface area contributed by atoms with E-state index in [4.69, 9.17) is 5.73 Å². The third kappa shape index (κ3) is 3.49. The predicted molar refractivity (Wildman–Crippen MR) is 101 cm³/mol. The third-order valence-electron chi connectivity index (χ3n) is 4.66. The Bertz CT molecular complexity index is 906. The Morgan fingerprint density at radius 2 is 1.52 bits per heavy atom. The van der Waals surface area contributed by atoms with Gasteiger partial charge in [-0.05, 0) is 24.0 Å². The molecule has 142 valence electrons. The molecule has 1 heterocycles. The highest BCUT2D eigenvalue weighted by Crippen LogP contribution is 2.37. The lowest BCUT2D eigenvalue weighted by molar-refractivity contribution is -0.141. The van der Waals surface area contributed by atoms with Crippen molar-refractivity contribution in [2.24, 2.45) is 5.73 Å². The zero-order valence-corrected chi connectivity index (χ0v) is 15.3. The Labute approximate surface area is 156 Å². The zero-order valence-electron chi connectivity index (χ0n) is 15.3. The number of nitrogens with zero attached hydrogens (tertiary/aromatic N) is 2. The maximum atomic E-state index is 13.7. The fourth-order valence-corrected chi connectivity index (χ4v) is 3.39. The highest BCUT2D eigenvalue weighted by Gasteiger charge is 2.39. The molecule has 0 spiro atoms. The van der Waals surface area contributed by atoms with Crippen LogP contribution in [0.15, 0.2) is 48.5 Å². The van der Waals surface area contributed by atoms with Gasteiger partial charge in [0.2, 0.25) is 0 Å². The molecule has 0 aliphatic carbocycles. The van der Waals surface area contributed by atoms with Crippen molar-refractivity contribution in [3.05, 3.63) is 71.0 Å². The van der Waals surface area contributed by atoms with Gasteiger partial charge in [-0.15, -0.1) is 0 Å². The molecule has 0 aliphatic rings. The Kier molecular flexibility index (Phi) is 5.37. The minimum atomic E-state index is -4.57. The molecule has 0 unspecified atom stereocenters. The maximum absolute atomic E-state index is 13.7. The van der Waals surface area contributed by atoms with E-state index >= 15 is 0 Å². The number of aromatic nitrogens is 2. The summed E-state index contributed by atoms with van der Waals surface area (Å²) in [4.78, 5) is 4.01. The van der Waals surface area contributed by atoms with Crippen molar-refractivity contribution in [3.63, 3.8) is 0 Å². The number of alkyl halides is 3. The average molecular weight is 373 g/mol. The van der Waals surface area contributed by atoms with E-state index in [-0.39, 0.29) is 18.1 Å². The van der Waals surface area contributed by atoms with E-state index in [2.05, 4.69) is 4.98 Å². The fourth-order valence-electron chi connectivity index (χ4n) is 3.39. The van der Waals surface area contributed by atoms with Crippen LogP contribution in [-0.2, 0) is 25.6 Å². The van der Waals surface area contributed by atoms with E-state index in [0.29, 0.717) is 18.4 Å². The lowest BCUT2D eigenvalue weighted by Crippen LogP contribution is -2.16. The van der Waals surface area contributed by atoms with Crippen LogP contribution in [0.4, 0.5) is 13.2 Å². The third-order valence-corrected chi connectivity index (χ3v) is 4.66. The molecule has 1 aromatic heterocycles. The molecule has 0 aliphatic heterocycles. The number of imidazole rings is 1. The van der Waals surface area contributed by atoms with Gasteiger partial charge in [0.15, 0.2) is 5.69 Å². The molecule has 3 rings (SSSR count). The molecule has 6 heteroatoms. The molecular formula is C21H22F3N3. The second kappa shape index (κ2) is 7.56. The first kappa shape index (κ1) is 19.2. The first-order valence-electron chi connectivity index (χ1n) is 8.97. The van der Waals surface area contributed by atoms with E-state index in [1.165, 1.54) is 0 Å². The van der Waals surface area contributed by atoms with E-state index in [9.17, 15) is 13.2 Å². The van der Waals surface area contributed by atoms with Crippen molar-refractivity contribution in [2.75, 3.05) is 0 Å². The van der Waals surface area contributed by atoms with Crippen molar-refractivity contribution in [3.8, 4) is 17.1 Å². The molecule has 0 radical (unpaired) electrons. The summed E-state index contributed by atoms with van der Waals surface area (Å²) in [6, 6.07) is 14.7. The molecule has 0 atom stereocenters. The summed E-state index contributed by atoms with van der Waals surface area (Å²) in [5.74, 6) is 0.263. The van der Waals surface area contributed by atoms with Crippen LogP contribution in [-0.4, -0.2) is 9.55 Å². The molecule has 3 nitrogen and oxygen atoms in total. The molecule has 0 amide bonds. The maximum Gasteiger partial charge on any atom is 0.435 e. The predicted octanol–water partition coefficient (Wildman–Crippen LogP) is 5.14. The van der Waals surface area contributed by atoms with Gasteiger partial charge in [-0.25, -0.2) is 4.98 Å². The second-order valence-electron chi connectivity index (χ2n) is 6.27. The van der Waals surface area contributed by atoms with E-state index in [1.807, 2.05) is 38.1 Å². The first-order chi connectivity index (χ1) is 12.9. The molecule has 0 fully saturated rings. The van der Waals surface area contributed by atoms with Gasteiger partial charge < -0.3 is 5.73 Å². The molecule has 0 saturated heterocycles. The van der Waals surface area contributed by atoms with Gasteiger partial charge >= 0.3 is 6.18 Å². The Balaban J connectivity index is 2.44. The molecule has 2 N–H and O–H groups in total. The molecule has 27 heavy (non-hydrogen) atoms. The molecular weight excluding hydrogens is 351 g/mol. The van der Waals surface area contributed by atoms with Crippen LogP contribution in [0.2, 0.25) is 0 Å².